The molecule has 3 aromatic carbocycles. The highest BCUT2D eigenvalue weighted by atomic mass is 16.1. The molecule has 0 aliphatic heterocycles. The van der Waals surface area contributed by atoms with Gasteiger partial charge in [-0.25, -0.2) is 9.78 Å². The first-order chi connectivity index (χ1) is 10.3. The zero-order valence-corrected chi connectivity index (χ0v) is 11.4. The van der Waals surface area contributed by atoms with Crippen LogP contribution in [-0.2, 0) is 0 Å². The summed E-state index contributed by atoms with van der Waals surface area (Å²) in [6.45, 7) is 0. The van der Waals surface area contributed by atoms with Gasteiger partial charge in [0.05, 0.1) is 0 Å². The van der Waals surface area contributed by atoms with E-state index in [4.69, 9.17) is 0 Å². The van der Waals surface area contributed by atoms with Gasteiger partial charge in [-0.2, -0.15) is 0 Å². The summed E-state index contributed by atoms with van der Waals surface area (Å²) >= 11 is 0. The first kappa shape index (κ1) is 13.1. The average molecular weight is 274 g/mol. The third-order valence-corrected chi connectivity index (χ3v) is 3.19. The Morgan fingerprint density at radius 1 is 0.714 bits per heavy atom. The SMILES string of the molecule is O=c1nccc[nH]1.c1ccc2cc3ccccc3cc2c1. The van der Waals surface area contributed by atoms with E-state index < -0.39 is 0 Å². The monoisotopic (exact) mass is 274 g/mol. The molecule has 0 saturated carbocycles. The van der Waals surface area contributed by atoms with Gasteiger partial charge in [0.15, 0.2) is 0 Å². The van der Waals surface area contributed by atoms with Crippen molar-refractivity contribution in [3.05, 3.63) is 89.6 Å². The molecule has 0 aliphatic rings. The van der Waals surface area contributed by atoms with Gasteiger partial charge in [0.2, 0.25) is 0 Å². The molecule has 0 fully saturated rings. The summed E-state index contributed by atoms with van der Waals surface area (Å²) in [4.78, 5) is 15.8. The van der Waals surface area contributed by atoms with Crippen LogP contribution in [0.2, 0.25) is 0 Å². The van der Waals surface area contributed by atoms with E-state index in [9.17, 15) is 4.79 Å². The number of aromatic nitrogens is 2. The largest absolute Gasteiger partial charge is 0.344 e. The summed E-state index contributed by atoms with van der Waals surface area (Å²) < 4.78 is 0. The molecule has 0 unspecified atom stereocenters. The van der Waals surface area contributed by atoms with Crippen LogP contribution in [0.15, 0.2) is 83.9 Å². The van der Waals surface area contributed by atoms with Crippen LogP contribution in [0.25, 0.3) is 21.5 Å². The summed E-state index contributed by atoms with van der Waals surface area (Å²) in [6, 6.07) is 23.1. The summed E-state index contributed by atoms with van der Waals surface area (Å²) in [6.07, 6.45) is 2.98. The summed E-state index contributed by atoms with van der Waals surface area (Å²) in [5, 5.41) is 5.25. The van der Waals surface area contributed by atoms with E-state index >= 15 is 0 Å². The highest BCUT2D eigenvalue weighted by Gasteiger charge is 1.95. The lowest BCUT2D eigenvalue weighted by Gasteiger charge is -2.00. The minimum Gasteiger partial charge on any atom is -0.313 e. The third-order valence-electron chi connectivity index (χ3n) is 3.19. The number of fused-ring (bicyclic) bond motifs is 2. The number of H-pyrrole nitrogens is 1. The van der Waals surface area contributed by atoms with Crippen molar-refractivity contribution in [1.29, 1.82) is 0 Å². The van der Waals surface area contributed by atoms with Crippen molar-refractivity contribution in [2.24, 2.45) is 0 Å². The second kappa shape index (κ2) is 6.01. The fraction of sp³-hybridized carbons (Fsp3) is 0. The number of nitrogens with zero attached hydrogens (tertiary/aromatic N) is 1. The maximum Gasteiger partial charge on any atom is 0.344 e. The van der Waals surface area contributed by atoms with Crippen molar-refractivity contribution in [3.63, 3.8) is 0 Å². The molecule has 3 nitrogen and oxygen atoms in total. The van der Waals surface area contributed by atoms with Gasteiger partial charge >= 0.3 is 5.69 Å². The Kier molecular flexibility index (Phi) is 3.74. The average Bonchev–Trinajstić information content (AvgIpc) is 2.54. The van der Waals surface area contributed by atoms with E-state index in [-0.39, 0.29) is 5.69 Å². The standard InChI is InChI=1S/C14H10.C4H4N2O/c1-2-6-12-10-14-8-4-3-7-13(14)9-11(12)5-1;7-4-5-2-1-3-6-4/h1-10H;1-3H,(H,5,6,7). The lowest BCUT2D eigenvalue weighted by Crippen LogP contribution is -2.05. The van der Waals surface area contributed by atoms with Gasteiger partial charge < -0.3 is 4.98 Å². The Morgan fingerprint density at radius 2 is 1.19 bits per heavy atom. The van der Waals surface area contributed by atoms with Crippen LogP contribution in [0.1, 0.15) is 0 Å². The smallest absolute Gasteiger partial charge is 0.313 e. The number of nitrogens with one attached hydrogen (secondary N) is 1. The van der Waals surface area contributed by atoms with E-state index in [2.05, 4.69) is 70.6 Å². The molecule has 4 aromatic rings. The molecule has 0 radical (unpaired) electrons. The van der Waals surface area contributed by atoms with Crippen molar-refractivity contribution in [2.45, 2.75) is 0 Å². The fourth-order valence-electron chi connectivity index (χ4n) is 2.19. The zero-order valence-electron chi connectivity index (χ0n) is 11.4. The first-order valence-electron chi connectivity index (χ1n) is 6.70. The van der Waals surface area contributed by atoms with Crippen LogP contribution in [0.3, 0.4) is 0 Å². The van der Waals surface area contributed by atoms with E-state index in [0.717, 1.165) is 0 Å². The third kappa shape index (κ3) is 3.15. The molecular weight excluding hydrogens is 260 g/mol. The summed E-state index contributed by atoms with van der Waals surface area (Å²) in [5.41, 5.74) is -0.303. The van der Waals surface area contributed by atoms with Crippen molar-refractivity contribution in [2.75, 3.05) is 0 Å². The summed E-state index contributed by atoms with van der Waals surface area (Å²) in [5.74, 6) is 0. The Morgan fingerprint density at radius 3 is 1.48 bits per heavy atom. The van der Waals surface area contributed by atoms with Gasteiger partial charge in [0, 0.05) is 12.4 Å². The van der Waals surface area contributed by atoms with E-state index in [1.807, 2.05) is 0 Å². The van der Waals surface area contributed by atoms with Gasteiger partial charge in [-0.05, 0) is 39.7 Å². The highest BCUT2D eigenvalue weighted by Crippen LogP contribution is 2.21. The van der Waals surface area contributed by atoms with Crippen LogP contribution in [0.4, 0.5) is 0 Å². The van der Waals surface area contributed by atoms with E-state index in [1.165, 1.54) is 33.9 Å². The van der Waals surface area contributed by atoms with Gasteiger partial charge in [-0.3, -0.25) is 0 Å². The van der Waals surface area contributed by atoms with Crippen molar-refractivity contribution >= 4 is 21.5 Å². The predicted molar refractivity (Wildman–Crippen MR) is 86.3 cm³/mol. The molecule has 0 aliphatic carbocycles. The molecule has 0 bridgehead atoms. The van der Waals surface area contributed by atoms with Crippen LogP contribution >= 0.6 is 0 Å². The van der Waals surface area contributed by atoms with Gasteiger partial charge in [0.1, 0.15) is 0 Å². The normalized spacial score (nSPS) is 10.1. The molecule has 4 rings (SSSR count). The molecule has 0 atom stereocenters. The number of aromatic amines is 1. The molecule has 0 saturated heterocycles. The molecule has 3 heteroatoms. The second-order valence-corrected chi connectivity index (χ2v) is 4.63. The quantitative estimate of drug-likeness (QED) is 0.496. The summed E-state index contributed by atoms with van der Waals surface area (Å²) in [7, 11) is 0. The maximum absolute atomic E-state index is 10.1. The predicted octanol–water partition coefficient (Wildman–Crippen LogP) is 3.76. The van der Waals surface area contributed by atoms with E-state index in [0.29, 0.717) is 0 Å². The lowest BCUT2D eigenvalue weighted by molar-refractivity contribution is 1.08. The van der Waals surface area contributed by atoms with Crippen LogP contribution in [0, 0.1) is 0 Å². The second-order valence-electron chi connectivity index (χ2n) is 4.63. The Bertz CT molecular complexity index is 806. The molecule has 102 valence electrons. The highest BCUT2D eigenvalue weighted by molar-refractivity contribution is 5.98. The Balaban J connectivity index is 0.000000160. The molecular formula is C18H14N2O. The van der Waals surface area contributed by atoms with Crippen LogP contribution < -0.4 is 5.69 Å². The number of hydrogen-bond donors (Lipinski definition) is 1. The molecule has 1 heterocycles. The molecule has 21 heavy (non-hydrogen) atoms. The maximum atomic E-state index is 10.1. The Labute approximate surface area is 121 Å². The minimum atomic E-state index is -0.303. The molecule has 1 aromatic heterocycles. The van der Waals surface area contributed by atoms with E-state index in [1.54, 1.807) is 6.07 Å². The number of benzene rings is 3. The molecule has 1 N–H and O–H groups in total. The number of rotatable bonds is 0. The number of hydrogen-bond acceptors (Lipinski definition) is 2. The van der Waals surface area contributed by atoms with Gasteiger partial charge in [-0.15, -0.1) is 0 Å². The zero-order chi connectivity index (χ0) is 14.5. The van der Waals surface area contributed by atoms with Crippen molar-refractivity contribution in [3.8, 4) is 0 Å². The first-order valence-corrected chi connectivity index (χ1v) is 6.70. The minimum absolute atomic E-state index is 0.303. The van der Waals surface area contributed by atoms with Crippen molar-refractivity contribution < 1.29 is 0 Å². The molecule has 0 spiro atoms. The molecule has 0 amide bonds. The fourth-order valence-corrected chi connectivity index (χ4v) is 2.19. The van der Waals surface area contributed by atoms with Crippen LogP contribution in [-0.4, -0.2) is 9.97 Å². The van der Waals surface area contributed by atoms with Gasteiger partial charge in [-0.1, -0.05) is 48.5 Å². The Hall–Kier alpha value is -2.94. The lowest BCUT2D eigenvalue weighted by atomic mass is 10.0. The van der Waals surface area contributed by atoms with Crippen molar-refractivity contribution in [1.82, 2.24) is 9.97 Å². The topological polar surface area (TPSA) is 45.8 Å². The van der Waals surface area contributed by atoms with Crippen LogP contribution in [0.5, 0.6) is 0 Å². The van der Waals surface area contributed by atoms with Gasteiger partial charge in [0.25, 0.3) is 0 Å².